The molecular weight excluding hydrogens is 410 g/mol. The summed E-state index contributed by atoms with van der Waals surface area (Å²) in [6.45, 7) is 12.2. The molecule has 31 heavy (non-hydrogen) atoms. The van der Waals surface area contributed by atoms with Gasteiger partial charge in [0, 0.05) is 24.3 Å². The number of ether oxygens (including phenoxy) is 1. The molecule has 0 unspecified atom stereocenters. The third kappa shape index (κ3) is 5.05. The van der Waals surface area contributed by atoms with Gasteiger partial charge < -0.3 is 14.2 Å². The van der Waals surface area contributed by atoms with Gasteiger partial charge in [-0.25, -0.2) is 0 Å². The van der Waals surface area contributed by atoms with Crippen LogP contribution in [0.3, 0.4) is 0 Å². The number of esters is 1. The van der Waals surface area contributed by atoms with Gasteiger partial charge in [0.25, 0.3) is 5.91 Å². The van der Waals surface area contributed by atoms with Crippen LogP contribution in [0.2, 0.25) is 0 Å². The summed E-state index contributed by atoms with van der Waals surface area (Å²) in [7, 11) is 0. The molecule has 0 N–H and O–H groups in total. The summed E-state index contributed by atoms with van der Waals surface area (Å²) in [4.78, 5) is 32.2. The first-order valence-corrected chi connectivity index (χ1v) is 11.4. The number of nitrogens with zero attached hydrogens (tertiary/aromatic N) is 3. The van der Waals surface area contributed by atoms with E-state index in [1.807, 2.05) is 32.0 Å². The van der Waals surface area contributed by atoms with Crippen molar-refractivity contribution < 1.29 is 14.3 Å². The number of benzene rings is 2. The molecule has 3 rings (SSSR count). The van der Waals surface area contributed by atoms with E-state index >= 15 is 0 Å². The van der Waals surface area contributed by atoms with Gasteiger partial charge in [0.05, 0.1) is 16.8 Å². The first-order chi connectivity index (χ1) is 14.9. The van der Waals surface area contributed by atoms with Gasteiger partial charge in [-0.15, -0.1) is 0 Å². The molecule has 7 heteroatoms. The highest BCUT2D eigenvalue weighted by Crippen LogP contribution is 2.24. The number of carbonyl (C=O) groups excluding carboxylic acids is 2. The van der Waals surface area contributed by atoms with E-state index in [4.69, 9.17) is 4.74 Å². The number of rotatable bonds is 7. The SMILES string of the molecule is CCOC(=O)Cn1c(=NC(=O)c2ccc(N(CC)CC)cc2)sc2c(C)cc(C)cc21. The van der Waals surface area contributed by atoms with E-state index in [2.05, 4.69) is 29.8 Å². The van der Waals surface area contributed by atoms with Gasteiger partial charge in [-0.1, -0.05) is 17.4 Å². The van der Waals surface area contributed by atoms with Crippen LogP contribution in [-0.4, -0.2) is 36.1 Å². The lowest BCUT2D eigenvalue weighted by Crippen LogP contribution is -2.23. The lowest BCUT2D eigenvalue weighted by molar-refractivity contribution is -0.143. The van der Waals surface area contributed by atoms with Crippen LogP contribution in [0.15, 0.2) is 41.4 Å². The monoisotopic (exact) mass is 439 g/mol. The quantitative estimate of drug-likeness (QED) is 0.510. The molecule has 0 aliphatic rings. The zero-order chi connectivity index (χ0) is 22.5. The van der Waals surface area contributed by atoms with Crippen LogP contribution in [0.5, 0.6) is 0 Å². The number of fused-ring (bicyclic) bond motifs is 1. The maximum atomic E-state index is 12.9. The molecule has 0 bridgehead atoms. The summed E-state index contributed by atoms with van der Waals surface area (Å²) in [6.07, 6.45) is 0. The average Bonchev–Trinajstić information content (AvgIpc) is 3.07. The van der Waals surface area contributed by atoms with E-state index in [1.165, 1.54) is 11.3 Å². The van der Waals surface area contributed by atoms with Crippen molar-refractivity contribution in [2.45, 2.75) is 41.2 Å². The Kier molecular flexibility index (Phi) is 7.28. The van der Waals surface area contributed by atoms with Crippen LogP contribution < -0.4 is 9.70 Å². The molecule has 0 fully saturated rings. The number of carbonyl (C=O) groups is 2. The molecule has 0 radical (unpaired) electrons. The maximum absolute atomic E-state index is 12.9. The number of amides is 1. The molecule has 0 saturated heterocycles. The minimum Gasteiger partial charge on any atom is -0.465 e. The second kappa shape index (κ2) is 9.92. The third-order valence-electron chi connectivity index (χ3n) is 5.15. The van der Waals surface area contributed by atoms with Crippen molar-refractivity contribution in [3.05, 3.63) is 57.9 Å². The summed E-state index contributed by atoms with van der Waals surface area (Å²) >= 11 is 1.42. The Labute approximate surface area is 186 Å². The average molecular weight is 440 g/mol. The smallest absolute Gasteiger partial charge is 0.326 e. The molecule has 3 aromatic rings. The maximum Gasteiger partial charge on any atom is 0.326 e. The summed E-state index contributed by atoms with van der Waals surface area (Å²) in [5.74, 6) is -0.677. The molecule has 1 heterocycles. The molecule has 0 saturated carbocycles. The predicted molar refractivity (Wildman–Crippen MR) is 126 cm³/mol. The summed E-state index contributed by atoms with van der Waals surface area (Å²) < 4.78 is 7.93. The number of hydrogen-bond donors (Lipinski definition) is 0. The molecule has 0 aliphatic heterocycles. The minimum atomic E-state index is -0.348. The number of hydrogen-bond acceptors (Lipinski definition) is 5. The predicted octanol–water partition coefficient (Wildman–Crippen LogP) is 4.47. The highest BCUT2D eigenvalue weighted by molar-refractivity contribution is 7.16. The molecule has 164 valence electrons. The molecule has 2 aromatic carbocycles. The van der Waals surface area contributed by atoms with E-state index in [1.54, 1.807) is 23.6 Å². The Balaban J connectivity index is 2.05. The van der Waals surface area contributed by atoms with Crippen LogP contribution in [0.4, 0.5) is 5.69 Å². The molecule has 1 amide bonds. The fourth-order valence-corrected chi connectivity index (χ4v) is 4.72. The van der Waals surface area contributed by atoms with E-state index in [9.17, 15) is 9.59 Å². The highest BCUT2D eigenvalue weighted by Gasteiger charge is 2.15. The van der Waals surface area contributed by atoms with Gasteiger partial charge in [0.15, 0.2) is 4.80 Å². The standard InChI is InChI=1S/C24H29N3O3S/c1-6-26(7-2)19-11-9-18(10-12-19)23(29)25-24-27(15-21(28)30-8-3)20-14-16(4)13-17(5)22(20)31-24/h9-14H,6-8,15H2,1-5H3. The largest absolute Gasteiger partial charge is 0.465 e. The van der Waals surface area contributed by atoms with E-state index in [-0.39, 0.29) is 18.4 Å². The first kappa shape index (κ1) is 22.7. The molecule has 6 nitrogen and oxygen atoms in total. The van der Waals surface area contributed by atoms with Gasteiger partial charge in [-0.2, -0.15) is 4.99 Å². The molecular formula is C24H29N3O3S. The zero-order valence-corrected chi connectivity index (χ0v) is 19.6. The fourth-order valence-electron chi connectivity index (χ4n) is 3.64. The van der Waals surface area contributed by atoms with Crippen molar-refractivity contribution >= 4 is 39.1 Å². The number of aromatic nitrogens is 1. The first-order valence-electron chi connectivity index (χ1n) is 10.6. The Morgan fingerprint density at radius 3 is 2.35 bits per heavy atom. The highest BCUT2D eigenvalue weighted by atomic mass is 32.1. The van der Waals surface area contributed by atoms with E-state index < -0.39 is 0 Å². The number of thiazole rings is 1. The fraction of sp³-hybridized carbons (Fsp3) is 0.375. The van der Waals surface area contributed by atoms with Crippen molar-refractivity contribution in [2.24, 2.45) is 4.99 Å². The van der Waals surface area contributed by atoms with Crippen LogP contribution >= 0.6 is 11.3 Å². The van der Waals surface area contributed by atoms with Gasteiger partial charge >= 0.3 is 5.97 Å². The lowest BCUT2D eigenvalue weighted by Gasteiger charge is -2.20. The van der Waals surface area contributed by atoms with Crippen molar-refractivity contribution in [1.82, 2.24) is 4.57 Å². The Morgan fingerprint density at radius 1 is 1.06 bits per heavy atom. The topological polar surface area (TPSA) is 63.9 Å². The van der Waals surface area contributed by atoms with Gasteiger partial charge in [-0.05, 0) is 76.1 Å². The Morgan fingerprint density at radius 2 is 1.74 bits per heavy atom. The minimum absolute atomic E-state index is 0.0176. The molecule has 0 spiro atoms. The second-order valence-corrected chi connectivity index (χ2v) is 8.32. The van der Waals surface area contributed by atoms with Crippen molar-refractivity contribution in [3.63, 3.8) is 0 Å². The summed E-state index contributed by atoms with van der Waals surface area (Å²) in [5, 5.41) is 0. The second-order valence-electron chi connectivity index (χ2n) is 7.34. The lowest BCUT2D eigenvalue weighted by atomic mass is 10.1. The van der Waals surface area contributed by atoms with Crippen LogP contribution in [0.25, 0.3) is 10.2 Å². The van der Waals surface area contributed by atoms with Crippen molar-refractivity contribution in [2.75, 3.05) is 24.6 Å². The van der Waals surface area contributed by atoms with E-state index in [0.29, 0.717) is 17.0 Å². The third-order valence-corrected chi connectivity index (χ3v) is 6.38. The van der Waals surface area contributed by atoms with Gasteiger partial charge in [0.1, 0.15) is 6.54 Å². The molecule has 0 aliphatic carbocycles. The van der Waals surface area contributed by atoms with E-state index in [0.717, 1.165) is 40.1 Å². The van der Waals surface area contributed by atoms with Crippen LogP contribution in [0.1, 0.15) is 42.3 Å². The number of anilines is 1. The van der Waals surface area contributed by atoms with Crippen LogP contribution in [0, 0.1) is 13.8 Å². The Bertz CT molecular complexity index is 1160. The number of aryl methyl sites for hydroxylation is 2. The Hall–Kier alpha value is -2.93. The molecule has 0 atom stereocenters. The molecule has 1 aromatic heterocycles. The van der Waals surface area contributed by atoms with Gasteiger partial charge in [0.2, 0.25) is 0 Å². The van der Waals surface area contributed by atoms with Crippen molar-refractivity contribution in [3.8, 4) is 0 Å². The summed E-state index contributed by atoms with van der Waals surface area (Å²) in [6, 6.07) is 11.6. The zero-order valence-electron chi connectivity index (χ0n) is 18.8. The normalized spacial score (nSPS) is 11.7. The van der Waals surface area contributed by atoms with Crippen molar-refractivity contribution in [1.29, 1.82) is 0 Å². The van der Waals surface area contributed by atoms with Crippen LogP contribution in [-0.2, 0) is 16.1 Å². The summed E-state index contributed by atoms with van der Waals surface area (Å²) in [5.41, 5.74) is 4.66. The van der Waals surface area contributed by atoms with Gasteiger partial charge in [-0.3, -0.25) is 9.59 Å².